The maximum atomic E-state index is 12.9. The molecular weight excluding hydrogens is 416 g/mol. The first kappa shape index (κ1) is 20.7. The number of carbonyl (C=O) groups excluding carboxylic acids is 2. The van der Waals surface area contributed by atoms with Gasteiger partial charge in [0.15, 0.2) is 12.4 Å². The maximum absolute atomic E-state index is 12.9. The number of amides is 1. The van der Waals surface area contributed by atoms with Gasteiger partial charge in [0.05, 0.1) is 5.56 Å². The summed E-state index contributed by atoms with van der Waals surface area (Å²) in [5, 5.41) is 6.34. The van der Waals surface area contributed by atoms with E-state index in [4.69, 9.17) is 10.5 Å². The van der Waals surface area contributed by atoms with Crippen LogP contribution in [-0.2, 0) is 29.0 Å². The van der Waals surface area contributed by atoms with E-state index in [1.807, 2.05) is 30.3 Å². The van der Waals surface area contributed by atoms with Crippen molar-refractivity contribution in [1.82, 2.24) is 15.0 Å². The Hall–Kier alpha value is -3.53. The van der Waals surface area contributed by atoms with Gasteiger partial charge in [0.1, 0.15) is 5.00 Å². The number of nitrogens with zero attached hydrogens (tertiary/aromatic N) is 3. The number of hydrogen-bond donors (Lipinski definition) is 3. The van der Waals surface area contributed by atoms with Crippen molar-refractivity contribution in [2.45, 2.75) is 39.2 Å². The van der Waals surface area contributed by atoms with Crippen molar-refractivity contribution in [3.8, 4) is 0 Å². The number of thiophene rings is 1. The number of aryl methyl sites for hydroxylation is 1. The summed E-state index contributed by atoms with van der Waals surface area (Å²) in [5.41, 5.74) is 7.98. The third kappa shape index (κ3) is 4.97. The second-order valence-corrected chi connectivity index (χ2v) is 8.20. The lowest BCUT2D eigenvalue weighted by molar-refractivity contribution is -0.114. The molecule has 0 atom stereocenters. The first-order valence-corrected chi connectivity index (χ1v) is 10.7. The third-order valence-corrected chi connectivity index (χ3v) is 5.93. The van der Waals surface area contributed by atoms with E-state index in [-0.39, 0.29) is 30.2 Å². The van der Waals surface area contributed by atoms with Crippen molar-refractivity contribution in [2.24, 2.45) is 0 Å². The molecule has 160 valence electrons. The van der Waals surface area contributed by atoms with Crippen LogP contribution in [-0.4, -0.2) is 26.8 Å². The Balaban J connectivity index is 1.51. The summed E-state index contributed by atoms with van der Waals surface area (Å²) in [6.07, 6.45) is 3.77. The van der Waals surface area contributed by atoms with Crippen LogP contribution in [0.4, 0.5) is 22.6 Å². The summed E-state index contributed by atoms with van der Waals surface area (Å²) in [6.45, 7) is 1.25. The van der Waals surface area contributed by atoms with Crippen molar-refractivity contribution in [1.29, 1.82) is 0 Å². The summed E-state index contributed by atoms with van der Waals surface area (Å²) in [6, 6.07) is 9.38. The highest BCUT2D eigenvalue weighted by Crippen LogP contribution is 2.38. The Bertz CT molecular complexity index is 1120. The van der Waals surface area contributed by atoms with E-state index in [0.29, 0.717) is 10.6 Å². The number of carbonyl (C=O) groups is 2. The van der Waals surface area contributed by atoms with Gasteiger partial charge in [-0.15, -0.1) is 11.3 Å². The fraction of sp³-hybridized carbons (Fsp3) is 0.286. The van der Waals surface area contributed by atoms with Gasteiger partial charge in [0.2, 0.25) is 17.8 Å². The van der Waals surface area contributed by atoms with E-state index in [9.17, 15) is 9.59 Å². The molecule has 0 saturated heterocycles. The molecule has 10 heteroatoms. The SMILES string of the molecule is CC(=O)Nc1sc2c(c1C(=O)OCc1nc(N)nc(Nc3ccccc3)n1)CCCC2. The van der Waals surface area contributed by atoms with Crippen LogP contribution in [0.3, 0.4) is 0 Å². The van der Waals surface area contributed by atoms with Crippen LogP contribution < -0.4 is 16.4 Å². The summed E-state index contributed by atoms with van der Waals surface area (Å²) >= 11 is 1.44. The van der Waals surface area contributed by atoms with E-state index < -0.39 is 5.97 Å². The molecule has 31 heavy (non-hydrogen) atoms. The Labute approximate surface area is 183 Å². The van der Waals surface area contributed by atoms with Crippen LogP contribution in [0.25, 0.3) is 0 Å². The van der Waals surface area contributed by atoms with Gasteiger partial charge in [0, 0.05) is 17.5 Å². The van der Waals surface area contributed by atoms with Crippen LogP contribution in [0.5, 0.6) is 0 Å². The van der Waals surface area contributed by atoms with Crippen molar-refractivity contribution in [3.63, 3.8) is 0 Å². The van der Waals surface area contributed by atoms with Crippen LogP contribution in [0.2, 0.25) is 0 Å². The Morgan fingerprint density at radius 3 is 2.68 bits per heavy atom. The molecule has 1 aliphatic rings. The largest absolute Gasteiger partial charge is 0.454 e. The number of rotatable bonds is 6. The molecule has 0 fully saturated rings. The smallest absolute Gasteiger partial charge is 0.341 e. The first-order chi connectivity index (χ1) is 15.0. The van der Waals surface area contributed by atoms with Crippen LogP contribution in [0, 0.1) is 0 Å². The highest BCUT2D eigenvalue weighted by Gasteiger charge is 2.27. The molecule has 2 heterocycles. The zero-order chi connectivity index (χ0) is 21.8. The molecule has 1 aliphatic carbocycles. The second kappa shape index (κ2) is 9.09. The number of aromatic nitrogens is 3. The molecule has 0 bridgehead atoms. The molecule has 0 saturated carbocycles. The molecule has 0 aliphatic heterocycles. The Kier molecular flexibility index (Phi) is 6.08. The zero-order valence-electron chi connectivity index (χ0n) is 17.0. The predicted molar refractivity (Wildman–Crippen MR) is 118 cm³/mol. The second-order valence-electron chi connectivity index (χ2n) is 7.10. The number of benzene rings is 1. The minimum Gasteiger partial charge on any atom is -0.454 e. The Morgan fingerprint density at radius 1 is 1.13 bits per heavy atom. The van der Waals surface area contributed by atoms with Gasteiger partial charge in [-0.25, -0.2) is 4.79 Å². The quantitative estimate of drug-likeness (QED) is 0.499. The molecule has 4 N–H and O–H groups in total. The number of esters is 1. The van der Waals surface area contributed by atoms with Crippen LogP contribution in [0.15, 0.2) is 30.3 Å². The predicted octanol–water partition coefficient (Wildman–Crippen LogP) is 3.45. The standard InChI is InChI=1S/C21H22N6O3S/c1-12(28)23-18-17(14-9-5-6-10-15(14)31-18)19(29)30-11-16-25-20(22)27-21(26-16)24-13-7-3-2-4-8-13/h2-4,7-8H,5-6,9-11H2,1H3,(H,23,28)(H3,22,24,25,26,27). The molecule has 9 nitrogen and oxygen atoms in total. The minimum atomic E-state index is -0.514. The number of fused-ring (bicyclic) bond motifs is 1. The number of hydrogen-bond acceptors (Lipinski definition) is 9. The highest BCUT2D eigenvalue weighted by atomic mass is 32.1. The third-order valence-electron chi connectivity index (χ3n) is 4.73. The molecule has 0 spiro atoms. The molecule has 0 unspecified atom stereocenters. The fourth-order valence-electron chi connectivity index (χ4n) is 3.44. The number of nitrogens with one attached hydrogen (secondary N) is 2. The Morgan fingerprint density at radius 2 is 1.90 bits per heavy atom. The van der Waals surface area contributed by atoms with Crippen molar-refractivity contribution >= 4 is 45.8 Å². The van der Waals surface area contributed by atoms with Gasteiger partial charge in [-0.1, -0.05) is 18.2 Å². The average molecular weight is 439 g/mol. The van der Waals surface area contributed by atoms with E-state index >= 15 is 0 Å². The minimum absolute atomic E-state index is 0.0197. The molecule has 0 radical (unpaired) electrons. The number of nitrogen functional groups attached to an aromatic ring is 1. The molecule has 4 rings (SSSR count). The number of anilines is 4. The molecule has 1 aromatic carbocycles. The summed E-state index contributed by atoms with van der Waals surface area (Å²) < 4.78 is 5.50. The van der Waals surface area contributed by atoms with Crippen molar-refractivity contribution in [3.05, 3.63) is 52.2 Å². The highest BCUT2D eigenvalue weighted by molar-refractivity contribution is 7.17. The lowest BCUT2D eigenvalue weighted by atomic mass is 9.95. The number of nitrogens with two attached hydrogens (primary N) is 1. The molecule has 1 amide bonds. The van der Waals surface area contributed by atoms with Gasteiger partial charge in [-0.05, 0) is 43.4 Å². The topological polar surface area (TPSA) is 132 Å². The fourth-order valence-corrected chi connectivity index (χ4v) is 4.76. The number of para-hydroxylation sites is 1. The summed E-state index contributed by atoms with van der Waals surface area (Å²) in [5.74, 6) is -0.235. The molecular formula is C21H22N6O3S. The van der Waals surface area contributed by atoms with Crippen molar-refractivity contribution < 1.29 is 14.3 Å². The van der Waals surface area contributed by atoms with E-state index in [1.54, 1.807) is 0 Å². The van der Waals surface area contributed by atoms with Crippen LogP contribution in [0.1, 0.15) is 46.4 Å². The average Bonchev–Trinajstić information content (AvgIpc) is 3.09. The van der Waals surface area contributed by atoms with Gasteiger partial charge in [0.25, 0.3) is 0 Å². The molecule has 2 aromatic heterocycles. The first-order valence-electron chi connectivity index (χ1n) is 9.91. The van der Waals surface area contributed by atoms with Gasteiger partial charge >= 0.3 is 5.97 Å². The van der Waals surface area contributed by atoms with E-state index in [0.717, 1.165) is 41.8 Å². The van der Waals surface area contributed by atoms with Gasteiger partial charge in [-0.2, -0.15) is 15.0 Å². The van der Waals surface area contributed by atoms with Gasteiger partial charge in [-0.3, -0.25) is 4.79 Å². The monoisotopic (exact) mass is 438 g/mol. The normalized spacial score (nSPS) is 12.7. The zero-order valence-corrected chi connectivity index (χ0v) is 17.8. The number of ether oxygens (including phenoxy) is 1. The van der Waals surface area contributed by atoms with Crippen LogP contribution >= 0.6 is 11.3 Å². The molecule has 3 aromatic rings. The lowest BCUT2D eigenvalue weighted by Gasteiger charge is -2.13. The summed E-state index contributed by atoms with van der Waals surface area (Å²) in [4.78, 5) is 38.1. The lowest BCUT2D eigenvalue weighted by Crippen LogP contribution is -2.15. The van der Waals surface area contributed by atoms with E-state index in [1.165, 1.54) is 18.3 Å². The maximum Gasteiger partial charge on any atom is 0.341 e. The summed E-state index contributed by atoms with van der Waals surface area (Å²) in [7, 11) is 0. The van der Waals surface area contributed by atoms with Crippen molar-refractivity contribution in [2.75, 3.05) is 16.4 Å². The van der Waals surface area contributed by atoms with Gasteiger partial charge < -0.3 is 21.1 Å². The van der Waals surface area contributed by atoms with E-state index in [2.05, 4.69) is 25.6 Å².